The maximum atomic E-state index is 13.4. The maximum absolute atomic E-state index is 13.4. The Morgan fingerprint density at radius 3 is 2.95 bits per heavy atom. The summed E-state index contributed by atoms with van der Waals surface area (Å²) in [5.74, 6) is -0.223. The quantitative estimate of drug-likeness (QED) is 0.920. The molecule has 19 heavy (non-hydrogen) atoms. The van der Waals surface area contributed by atoms with E-state index in [4.69, 9.17) is 5.73 Å². The van der Waals surface area contributed by atoms with Crippen LogP contribution in [0.4, 0.5) is 4.39 Å². The molecule has 0 radical (unpaired) electrons. The minimum Gasteiger partial charge on any atom is -0.330 e. The summed E-state index contributed by atoms with van der Waals surface area (Å²) < 4.78 is 15.6. The molecule has 0 atom stereocenters. The van der Waals surface area contributed by atoms with Crippen LogP contribution in [0.3, 0.4) is 0 Å². The molecule has 100 valence electrons. The number of imidazole rings is 1. The Hall–Kier alpha value is -1.68. The molecular weight excluding hydrogens is 241 g/mol. The topological polar surface area (TPSA) is 43.8 Å². The largest absolute Gasteiger partial charge is 0.330 e. The maximum Gasteiger partial charge on any atom is 0.127 e. The van der Waals surface area contributed by atoms with Gasteiger partial charge in [0.15, 0.2) is 0 Å². The van der Waals surface area contributed by atoms with Crippen LogP contribution in [0.25, 0.3) is 0 Å². The minimum absolute atomic E-state index is 0.223. The van der Waals surface area contributed by atoms with E-state index >= 15 is 0 Å². The predicted octanol–water partition coefficient (Wildman–Crippen LogP) is 2.41. The van der Waals surface area contributed by atoms with Crippen LogP contribution in [0.2, 0.25) is 0 Å². The van der Waals surface area contributed by atoms with E-state index in [1.165, 1.54) is 30.3 Å². The number of aryl methyl sites for hydroxylation is 1. The fraction of sp³-hybridized carbons (Fsp3) is 0.400. The highest BCUT2D eigenvalue weighted by molar-refractivity contribution is 5.26. The average molecular weight is 259 g/mol. The molecule has 1 heterocycles. The van der Waals surface area contributed by atoms with Gasteiger partial charge in [-0.25, -0.2) is 9.37 Å². The molecule has 2 N–H and O–H groups in total. The van der Waals surface area contributed by atoms with E-state index in [9.17, 15) is 4.39 Å². The molecule has 3 nitrogen and oxygen atoms in total. The SMILES string of the molecule is NCc1cc(Cn2cnc3c2CCCC3)ccc1F. The van der Waals surface area contributed by atoms with Gasteiger partial charge in [0.05, 0.1) is 12.0 Å². The molecule has 1 aliphatic rings. The highest BCUT2D eigenvalue weighted by Crippen LogP contribution is 2.21. The molecule has 2 aromatic rings. The van der Waals surface area contributed by atoms with E-state index in [0.717, 1.165) is 24.9 Å². The Kier molecular flexibility index (Phi) is 3.34. The highest BCUT2D eigenvalue weighted by atomic mass is 19.1. The molecule has 0 aliphatic heterocycles. The van der Waals surface area contributed by atoms with Crippen LogP contribution in [0.1, 0.15) is 35.4 Å². The molecule has 0 saturated heterocycles. The van der Waals surface area contributed by atoms with Gasteiger partial charge >= 0.3 is 0 Å². The van der Waals surface area contributed by atoms with Gasteiger partial charge in [-0.3, -0.25) is 0 Å². The lowest BCUT2D eigenvalue weighted by Gasteiger charge is -2.14. The van der Waals surface area contributed by atoms with Crippen molar-refractivity contribution >= 4 is 0 Å². The number of nitrogens with zero attached hydrogens (tertiary/aromatic N) is 2. The fourth-order valence-corrected chi connectivity index (χ4v) is 2.75. The molecule has 1 aromatic carbocycles. The van der Waals surface area contributed by atoms with Crippen molar-refractivity contribution in [1.29, 1.82) is 0 Å². The standard InChI is InChI=1S/C15H18FN3/c16-13-6-5-11(7-12(13)8-17)9-19-10-18-14-3-1-2-4-15(14)19/h5-7,10H,1-4,8-9,17H2. The molecule has 0 spiro atoms. The van der Waals surface area contributed by atoms with Crippen LogP contribution in [-0.4, -0.2) is 9.55 Å². The number of benzene rings is 1. The van der Waals surface area contributed by atoms with Gasteiger partial charge in [-0.15, -0.1) is 0 Å². The second-order valence-electron chi connectivity index (χ2n) is 5.10. The molecule has 1 aromatic heterocycles. The average Bonchev–Trinajstić information content (AvgIpc) is 2.84. The third kappa shape index (κ3) is 2.40. The monoisotopic (exact) mass is 259 g/mol. The first kappa shape index (κ1) is 12.4. The second-order valence-corrected chi connectivity index (χ2v) is 5.10. The number of fused-ring (bicyclic) bond motifs is 1. The third-order valence-corrected chi connectivity index (χ3v) is 3.79. The summed E-state index contributed by atoms with van der Waals surface area (Å²) in [7, 11) is 0. The van der Waals surface area contributed by atoms with Crippen molar-refractivity contribution in [2.75, 3.05) is 0 Å². The van der Waals surface area contributed by atoms with Crippen LogP contribution >= 0.6 is 0 Å². The number of aromatic nitrogens is 2. The van der Waals surface area contributed by atoms with Crippen LogP contribution in [0.5, 0.6) is 0 Å². The highest BCUT2D eigenvalue weighted by Gasteiger charge is 2.15. The lowest BCUT2D eigenvalue weighted by atomic mass is 10.0. The third-order valence-electron chi connectivity index (χ3n) is 3.79. The Labute approximate surface area is 112 Å². The predicted molar refractivity (Wildman–Crippen MR) is 72.3 cm³/mol. The van der Waals surface area contributed by atoms with Crippen LogP contribution in [-0.2, 0) is 25.9 Å². The van der Waals surface area contributed by atoms with Crippen molar-refractivity contribution in [3.63, 3.8) is 0 Å². The van der Waals surface area contributed by atoms with Crippen molar-refractivity contribution in [1.82, 2.24) is 9.55 Å². The zero-order chi connectivity index (χ0) is 13.2. The molecule has 4 heteroatoms. The summed E-state index contributed by atoms with van der Waals surface area (Å²) in [4.78, 5) is 4.48. The first-order valence-corrected chi connectivity index (χ1v) is 6.78. The molecule has 1 aliphatic carbocycles. The smallest absolute Gasteiger partial charge is 0.127 e. The molecule has 0 amide bonds. The van der Waals surface area contributed by atoms with Crippen molar-refractivity contribution in [2.45, 2.75) is 38.8 Å². The van der Waals surface area contributed by atoms with Crippen molar-refractivity contribution < 1.29 is 4.39 Å². The molecular formula is C15H18FN3. The van der Waals surface area contributed by atoms with Crippen LogP contribution < -0.4 is 5.73 Å². The van der Waals surface area contributed by atoms with E-state index in [-0.39, 0.29) is 12.4 Å². The Morgan fingerprint density at radius 2 is 2.11 bits per heavy atom. The van der Waals surface area contributed by atoms with Crippen LogP contribution in [0, 0.1) is 5.82 Å². The van der Waals surface area contributed by atoms with Crippen molar-refractivity contribution in [2.24, 2.45) is 5.73 Å². The number of nitrogens with two attached hydrogens (primary N) is 1. The summed E-state index contributed by atoms with van der Waals surface area (Å²) in [6.45, 7) is 0.983. The van der Waals surface area contributed by atoms with Crippen LogP contribution in [0.15, 0.2) is 24.5 Å². The molecule has 0 saturated carbocycles. The zero-order valence-corrected chi connectivity index (χ0v) is 10.9. The number of hydrogen-bond donors (Lipinski definition) is 1. The van der Waals surface area contributed by atoms with E-state index in [2.05, 4.69) is 9.55 Å². The normalized spacial score (nSPS) is 14.4. The molecule has 3 rings (SSSR count). The lowest BCUT2D eigenvalue weighted by molar-refractivity contribution is 0.606. The van der Waals surface area contributed by atoms with Crippen molar-refractivity contribution in [3.8, 4) is 0 Å². The Morgan fingerprint density at radius 1 is 1.26 bits per heavy atom. The summed E-state index contributed by atoms with van der Waals surface area (Å²) >= 11 is 0. The lowest BCUT2D eigenvalue weighted by Crippen LogP contribution is -2.09. The van der Waals surface area contributed by atoms with Gasteiger partial charge in [0, 0.05) is 24.3 Å². The summed E-state index contributed by atoms with van der Waals surface area (Å²) in [5.41, 5.74) is 9.76. The minimum atomic E-state index is -0.223. The zero-order valence-electron chi connectivity index (χ0n) is 10.9. The molecule has 0 bridgehead atoms. The molecule has 0 fully saturated rings. The van der Waals surface area contributed by atoms with Gasteiger partial charge in [-0.2, -0.15) is 0 Å². The summed E-state index contributed by atoms with van der Waals surface area (Å²) in [6, 6.07) is 5.18. The van der Waals surface area contributed by atoms with Gasteiger partial charge in [0.1, 0.15) is 5.82 Å². The van der Waals surface area contributed by atoms with Gasteiger partial charge < -0.3 is 10.3 Å². The summed E-state index contributed by atoms with van der Waals surface area (Å²) in [6.07, 6.45) is 6.55. The van der Waals surface area contributed by atoms with Gasteiger partial charge in [-0.05, 0) is 43.4 Å². The van der Waals surface area contributed by atoms with E-state index < -0.39 is 0 Å². The van der Waals surface area contributed by atoms with Gasteiger partial charge in [-0.1, -0.05) is 6.07 Å². The number of rotatable bonds is 3. The van der Waals surface area contributed by atoms with Gasteiger partial charge in [0.2, 0.25) is 0 Å². The van der Waals surface area contributed by atoms with E-state index in [1.54, 1.807) is 0 Å². The Bertz CT molecular complexity index is 589. The number of halogens is 1. The summed E-state index contributed by atoms with van der Waals surface area (Å²) in [5, 5.41) is 0. The first-order valence-electron chi connectivity index (χ1n) is 6.78. The van der Waals surface area contributed by atoms with E-state index in [0.29, 0.717) is 5.56 Å². The van der Waals surface area contributed by atoms with Crippen molar-refractivity contribution in [3.05, 3.63) is 52.9 Å². The van der Waals surface area contributed by atoms with Gasteiger partial charge in [0.25, 0.3) is 0 Å². The Balaban J connectivity index is 1.87. The molecule has 0 unspecified atom stereocenters. The number of hydrogen-bond acceptors (Lipinski definition) is 2. The second kappa shape index (κ2) is 5.13. The fourth-order valence-electron chi connectivity index (χ4n) is 2.75. The van der Waals surface area contributed by atoms with E-state index in [1.807, 2.05) is 18.5 Å². The first-order chi connectivity index (χ1) is 9.28.